The summed E-state index contributed by atoms with van der Waals surface area (Å²) >= 11 is 0. The smallest absolute Gasteiger partial charge is 0.329 e. The molecule has 1 aliphatic rings. The van der Waals surface area contributed by atoms with Crippen molar-refractivity contribution in [1.82, 2.24) is 19.4 Å². The fourth-order valence-corrected chi connectivity index (χ4v) is 3.96. The molecule has 1 fully saturated rings. The first-order valence-corrected chi connectivity index (χ1v) is 10.3. The number of carbonyl (C=O) groups excluding carboxylic acids is 1. The van der Waals surface area contributed by atoms with E-state index in [-0.39, 0.29) is 12.5 Å². The van der Waals surface area contributed by atoms with Crippen molar-refractivity contribution >= 4 is 16.8 Å². The summed E-state index contributed by atoms with van der Waals surface area (Å²) in [7, 11) is 0. The van der Waals surface area contributed by atoms with Crippen molar-refractivity contribution in [1.29, 1.82) is 0 Å². The fourth-order valence-electron chi connectivity index (χ4n) is 3.96. The van der Waals surface area contributed by atoms with Gasteiger partial charge in [0, 0.05) is 32.7 Å². The Hall–Kier alpha value is -3.19. The molecule has 2 aromatic carbocycles. The molecule has 0 aliphatic carbocycles. The highest BCUT2D eigenvalue weighted by Gasteiger charge is 2.20. The number of H-pyrrole nitrogens is 1. The number of hydrogen-bond donors (Lipinski definition) is 1. The molecule has 0 radical (unpaired) electrons. The van der Waals surface area contributed by atoms with Crippen LogP contribution in [0.15, 0.2) is 58.1 Å². The zero-order valence-electron chi connectivity index (χ0n) is 17.1. The number of aryl methyl sites for hydroxylation is 1. The summed E-state index contributed by atoms with van der Waals surface area (Å²) in [4.78, 5) is 43.8. The molecule has 1 saturated heterocycles. The summed E-state index contributed by atoms with van der Waals surface area (Å²) in [5.41, 5.74) is 2.02. The van der Waals surface area contributed by atoms with Gasteiger partial charge in [-0.3, -0.25) is 24.0 Å². The third-order valence-corrected chi connectivity index (χ3v) is 5.67. The largest absolute Gasteiger partial charge is 0.340 e. The Labute approximate surface area is 174 Å². The van der Waals surface area contributed by atoms with Crippen LogP contribution in [0.1, 0.15) is 17.5 Å². The Morgan fingerprint density at radius 3 is 2.53 bits per heavy atom. The van der Waals surface area contributed by atoms with Crippen molar-refractivity contribution < 1.29 is 4.79 Å². The van der Waals surface area contributed by atoms with Gasteiger partial charge in [-0.05, 0) is 31.0 Å². The third-order valence-electron chi connectivity index (χ3n) is 5.67. The van der Waals surface area contributed by atoms with Gasteiger partial charge in [0.05, 0.1) is 10.9 Å². The SMILES string of the molecule is Cc1ccc(CN2CCCN(C(=O)Cn3c(=O)[nH]c(=O)c4ccccc43)CC2)cc1. The second-order valence-electron chi connectivity index (χ2n) is 7.86. The molecule has 7 nitrogen and oxygen atoms in total. The predicted octanol–water partition coefficient (Wildman–Crippen LogP) is 1.73. The van der Waals surface area contributed by atoms with E-state index in [1.807, 2.05) is 4.90 Å². The lowest BCUT2D eigenvalue weighted by Crippen LogP contribution is -2.40. The average molecular weight is 406 g/mol. The Morgan fingerprint density at radius 2 is 1.73 bits per heavy atom. The molecule has 1 amide bonds. The zero-order valence-corrected chi connectivity index (χ0v) is 17.1. The second kappa shape index (κ2) is 8.67. The van der Waals surface area contributed by atoms with Gasteiger partial charge in [0.15, 0.2) is 0 Å². The monoisotopic (exact) mass is 406 g/mol. The molecule has 156 valence electrons. The zero-order chi connectivity index (χ0) is 21.1. The molecular formula is C23H26N4O3. The Balaban J connectivity index is 1.45. The highest BCUT2D eigenvalue weighted by atomic mass is 16.2. The molecule has 0 bridgehead atoms. The number of amides is 1. The van der Waals surface area contributed by atoms with Crippen LogP contribution in [-0.4, -0.2) is 51.4 Å². The maximum absolute atomic E-state index is 13.0. The lowest BCUT2D eigenvalue weighted by atomic mass is 10.1. The molecular weight excluding hydrogens is 380 g/mol. The van der Waals surface area contributed by atoms with Gasteiger partial charge in [-0.1, -0.05) is 42.0 Å². The van der Waals surface area contributed by atoms with Crippen LogP contribution < -0.4 is 11.2 Å². The molecule has 0 unspecified atom stereocenters. The number of fused-ring (bicyclic) bond motifs is 1. The molecule has 0 spiro atoms. The van der Waals surface area contributed by atoms with Crippen LogP contribution in [0.4, 0.5) is 0 Å². The fraction of sp³-hybridized carbons (Fsp3) is 0.348. The number of carbonyl (C=O) groups is 1. The summed E-state index contributed by atoms with van der Waals surface area (Å²) in [5.74, 6) is -0.105. The number of nitrogens with one attached hydrogen (secondary N) is 1. The lowest BCUT2D eigenvalue weighted by Gasteiger charge is -2.22. The normalized spacial score (nSPS) is 15.3. The third kappa shape index (κ3) is 4.36. The van der Waals surface area contributed by atoms with E-state index in [0.717, 1.165) is 26.1 Å². The summed E-state index contributed by atoms with van der Waals surface area (Å²) < 4.78 is 1.36. The molecule has 30 heavy (non-hydrogen) atoms. The van der Waals surface area contributed by atoms with E-state index < -0.39 is 11.2 Å². The van der Waals surface area contributed by atoms with E-state index >= 15 is 0 Å². The minimum Gasteiger partial charge on any atom is -0.340 e. The van der Waals surface area contributed by atoms with Crippen LogP contribution >= 0.6 is 0 Å². The average Bonchev–Trinajstić information content (AvgIpc) is 2.98. The summed E-state index contributed by atoms with van der Waals surface area (Å²) in [5, 5.41) is 0.407. The van der Waals surface area contributed by atoms with E-state index in [1.54, 1.807) is 24.3 Å². The highest BCUT2D eigenvalue weighted by Crippen LogP contribution is 2.12. The standard InChI is InChI=1S/C23H26N4O3/c1-17-7-9-18(10-8-17)15-25-11-4-12-26(14-13-25)21(28)16-27-20-6-3-2-5-19(20)22(29)24-23(27)30/h2-3,5-10H,4,11-16H2,1H3,(H,24,29,30). The van der Waals surface area contributed by atoms with Gasteiger partial charge < -0.3 is 4.90 Å². The number of para-hydroxylation sites is 1. The summed E-state index contributed by atoms with van der Waals surface area (Å²) in [6.07, 6.45) is 0.888. The van der Waals surface area contributed by atoms with Crippen molar-refractivity contribution in [3.63, 3.8) is 0 Å². The van der Waals surface area contributed by atoms with Crippen LogP contribution in [0.25, 0.3) is 10.9 Å². The van der Waals surface area contributed by atoms with Crippen molar-refractivity contribution in [3.05, 3.63) is 80.5 Å². The van der Waals surface area contributed by atoms with Crippen LogP contribution in [0.2, 0.25) is 0 Å². The molecule has 3 aromatic rings. The summed E-state index contributed by atoms with van der Waals surface area (Å²) in [6, 6.07) is 15.4. The van der Waals surface area contributed by atoms with Gasteiger partial charge in [0.1, 0.15) is 6.54 Å². The minimum absolute atomic E-state index is 0.0753. The summed E-state index contributed by atoms with van der Waals surface area (Å²) in [6.45, 7) is 5.89. The number of aromatic nitrogens is 2. The molecule has 1 aliphatic heterocycles. The maximum atomic E-state index is 13.0. The molecule has 0 saturated carbocycles. The number of nitrogens with zero attached hydrogens (tertiary/aromatic N) is 3. The van der Waals surface area contributed by atoms with Gasteiger partial charge in [-0.2, -0.15) is 0 Å². The van der Waals surface area contributed by atoms with Crippen molar-refractivity contribution in [2.75, 3.05) is 26.2 Å². The van der Waals surface area contributed by atoms with Gasteiger partial charge in [-0.25, -0.2) is 4.79 Å². The first-order chi connectivity index (χ1) is 14.5. The predicted molar refractivity (Wildman–Crippen MR) is 116 cm³/mol. The van der Waals surface area contributed by atoms with Gasteiger partial charge in [0.25, 0.3) is 5.56 Å². The molecule has 4 rings (SSSR count). The Morgan fingerprint density at radius 1 is 0.967 bits per heavy atom. The molecule has 1 N–H and O–H groups in total. The maximum Gasteiger partial charge on any atom is 0.329 e. The van der Waals surface area contributed by atoms with E-state index in [4.69, 9.17) is 0 Å². The van der Waals surface area contributed by atoms with Gasteiger partial charge >= 0.3 is 5.69 Å². The minimum atomic E-state index is -0.553. The lowest BCUT2D eigenvalue weighted by molar-refractivity contribution is -0.131. The second-order valence-corrected chi connectivity index (χ2v) is 7.86. The van der Waals surface area contributed by atoms with Crippen LogP contribution in [0.3, 0.4) is 0 Å². The van der Waals surface area contributed by atoms with Crippen molar-refractivity contribution in [3.8, 4) is 0 Å². The van der Waals surface area contributed by atoms with E-state index in [2.05, 4.69) is 41.1 Å². The number of benzene rings is 2. The van der Waals surface area contributed by atoms with Crippen LogP contribution in [0, 0.1) is 6.92 Å². The Bertz CT molecular complexity index is 1160. The highest BCUT2D eigenvalue weighted by molar-refractivity contribution is 5.81. The number of aromatic amines is 1. The topological polar surface area (TPSA) is 78.4 Å². The Kier molecular flexibility index (Phi) is 5.81. The van der Waals surface area contributed by atoms with Gasteiger partial charge in [0.2, 0.25) is 5.91 Å². The van der Waals surface area contributed by atoms with Crippen molar-refractivity contribution in [2.45, 2.75) is 26.4 Å². The van der Waals surface area contributed by atoms with Crippen LogP contribution in [0.5, 0.6) is 0 Å². The molecule has 2 heterocycles. The van der Waals surface area contributed by atoms with Crippen LogP contribution in [-0.2, 0) is 17.9 Å². The number of rotatable bonds is 4. The van der Waals surface area contributed by atoms with Gasteiger partial charge in [-0.15, -0.1) is 0 Å². The molecule has 7 heteroatoms. The number of hydrogen-bond acceptors (Lipinski definition) is 4. The first-order valence-electron chi connectivity index (χ1n) is 10.3. The molecule has 1 aromatic heterocycles. The quantitative estimate of drug-likeness (QED) is 0.716. The van der Waals surface area contributed by atoms with E-state index in [0.29, 0.717) is 24.0 Å². The van der Waals surface area contributed by atoms with E-state index in [9.17, 15) is 14.4 Å². The molecule has 0 atom stereocenters. The van der Waals surface area contributed by atoms with E-state index in [1.165, 1.54) is 15.7 Å². The van der Waals surface area contributed by atoms with Crippen molar-refractivity contribution in [2.24, 2.45) is 0 Å². The first kappa shape index (κ1) is 20.1.